The van der Waals surface area contributed by atoms with Gasteiger partial charge in [-0.05, 0) is 40.3 Å². The number of alkyl halides is 1. The molecule has 0 aliphatic rings. The first kappa shape index (κ1) is 16.7. The second-order valence-electron chi connectivity index (χ2n) is 5.97. The van der Waals surface area contributed by atoms with E-state index in [9.17, 15) is 4.39 Å². The summed E-state index contributed by atoms with van der Waals surface area (Å²) in [7, 11) is 0. The van der Waals surface area contributed by atoms with Gasteiger partial charge in [0.05, 0.1) is 0 Å². The van der Waals surface area contributed by atoms with Crippen molar-refractivity contribution in [2.45, 2.75) is 25.6 Å². The normalized spacial score (nSPS) is 10.8. The molecule has 0 N–H and O–H groups in total. The third-order valence-electron chi connectivity index (χ3n) is 4.21. The fraction of sp³-hybridized carbons (Fsp3) is 0.182. The van der Waals surface area contributed by atoms with Gasteiger partial charge in [-0.25, -0.2) is 4.39 Å². The van der Waals surface area contributed by atoms with Crippen LogP contribution in [0.25, 0.3) is 22.3 Å². The van der Waals surface area contributed by atoms with Crippen molar-refractivity contribution in [2.24, 2.45) is 0 Å². The Morgan fingerprint density at radius 2 is 1.33 bits per heavy atom. The van der Waals surface area contributed by atoms with Gasteiger partial charge in [0, 0.05) is 11.4 Å². The van der Waals surface area contributed by atoms with E-state index in [1.165, 1.54) is 5.56 Å². The summed E-state index contributed by atoms with van der Waals surface area (Å²) in [5, 5.41) is 0. The zero-order valence-corrected chi connectivity index (χ0v) is 14.5. The van der Waals surface area contributed by atoms with Gasteiger partial charge >= 0.3 is 0 Å². The van der Waals surface area contributed by atoms with Crippen molar-refractivity contribution in [3.8, 4) is 22.3 Å². The van der Waals surface area contributed by atoms with E-state index in [0.29, 0.717) is 11.4 Å². The molecule has 3 rings (SSSR count). The molecule has 0 radical (unpaired) electrons. The zero-order chi connectivity index (χ0) is 16.9. The Hall–Kier alpha value is -2.12. The maximum absolute atomic E-state index is 14.6. The molecule has 3 aromatic rings. The van der Waals surface area contributed by atoms with Gasteiger partial charge < -0.3 is 0 Å². The predicted molar refractivity (Wildman–Crippen MR) is 101 cm³/mol. The van der Waals surface area contributed by atoms with E-state index in [1.807, 2.05) is 36.4 Å². The summed E-state index contributed by atoms with van der Waals surface area (Å²) < 4.78 is 14.6. The van der Waals surface area contributed by atoms with Crippen LogP contribution in [0.4, 0.5) is 4.39 Å². The molecule has 0 aliphatic heterocycles. The highest BCUT2D eigenvalue weighted by molar-refractivity contribution is 6.17. The molecule has 0 spiro atoms. The second kappa shape index (κ2) is 7.63. The number of benzene rings is 3. The molecule has 0 saturated heterocycles. The van der Waals surface area contributed by atoms with Crippen molar-refractivity contribution in [3.63, 3.8) is 0 Å². The van der Waals surface area contributed by atoms with Crippen molar-refractivity contribution < 1.29 is 4.39 Å². The molecular formula is C22H20ClF. The average Bonchev–Trinajstić information content (AvgIpc) is 2.63. The summed E-state index contributed by atoms with van der Waals surface area (Å²) in [5.74, 6) is 0.263. The van der Waals surface area contributed by atoms with Crippen LogP contribution in [0.5, 0.6) is 0 Å². The lowest BCUT2D eigenvalue weighted by Crippen LogP contribution is -1.88. The first-order valence-electron chi connectivity index (χ1n) is 8.25. The minimum Gasteiger partial charge on any atom is -0.206 e. The Kier molecular flexibility index (Phi) is 5.32. The van der Waals surface area contributed by atoms with Gasteiger partial charge in [0.15, 0.2) is 0 Å². The van der Waals surface area contributed by atoms with Gasteiger partial charge in [0.2, 0.25) is 0 Å². The maximum atomic E-state index is 14.6. The van der Waals surface area contributed by atoms with Crippen LogP contribution >= 0.6 is 11.6 Å². The van der Waals surface area contributed by atoms with Crippen molar-refractivity contribution in [1.82, 2.24) is 0 Å². The average molecular weight is 339 g/mol. The van der Waals surface area contributed by atoms with Crippen molar-refractivity contribution in [3.05, 3.63) is 83.7 Å². The molecule has 122 valence electrons. The van der Waals surface area contributed by atoms with Crippen molar-refractivity contribution in [2.75, 3.05) is 0 Å². The number of aryl methyl sites for hydroxylation is 1. The van der Waals surface area contributed by atoms with Gasteiger partial charge in [0.1, 0.15) is 5.82 Å². The Bertz CT molecular complexity index is 804. The molecule has 0 aromatic heterocycles. The van der Waals surface area contributed by atoms with E-state index in [2.05, 4.69) is 31.2 Å². The summed E-state index contributed by atoms with van der Waals surface area (Å²) >= 11 is 5.80. The Morgan fingerprint density at radius 1 is 0.750 bits per heavy atom. The van der Waals surface area contributed by atoms with Gasteiger partial charge in [-0.1, -0.05) is 74.0 Å². The second-order valence-corrected chi connectivity index (χ2v) is 6.24. The fourth-order valence-corrected chi connectivity index (χ4v) is 3.03. The summed E-state index contributed by atoms with van der Waals surface area (Å²) in [6.07, 6.45) is 2.21. The first-order chi connectivity index (χ1) is 11.7. The molecule has 0 unspecified atom stereocenters. The minimum atomic E-state index is -0.205. The summed E-state index contributed by atoms with van der Waals surface area (Å²) in [5.41, 5.74) is 5.77. The van der Waals surface area contributed by atoms with Crippen LogP contribution in [-0.4, -0.2) is 0 Å². The molecule has 0 amide bonds. The van der Waals surface area contributed by atoms with E-state index in [1.54, 1.807) is 6.07 Å². The van der Waals surface area contributed by atoms with Crippen LogP contribution in [-0.2, 0) is 12.3 Å². The molecule has 0 nitrogen and oxygen atoms in total. The van der Waals surface area contributed by atoms with E-state index in [4.69, 9.17) is 11.6 Å². The van der Waals surface area contributed by atoms with Gasteiger partial charge in [-0.15, -0.1) is 11.6 Å². The van der Waals surface area contributed by atoms with Gasteiger partial charge in [-0.3, -0.25) is 0 Å². The largest absolute Gasteiger partial charge is 0.206 e. The third kappa shape index (κ3) is 3.68. The monoisotopic (exact) mass is 338 g/mol. The Labute approximate surface area is 147 Å². The fourth-order valence-electron chi connectivity index (χ4n) is 2.85. The van der Waals surface area contributed by atoms with Crippen LogP contribution in [0, 0.1) is 5.82 Å². The number of hydrogen-bond donors (Lipinski definition) is 0. The predicted octanol–water partition coefficient (Wildman–Crippen LogP) is 6.85. The topological polar surface area (TPSA) is 0 Å². The van der Waals surface area contributed by atoms with Crippen molar-refractivity contribution >= 4 is 11.6 Å². The Balaban J connectivity index is 1.88. The van der Waals surface area contributed by atoms with Crippen LogP contribution in [0.15, 0.2) is 66.7 Å². The quantitative estimate of drug-likeness (QED) is 0.446. The minimum absolute atomic E-state index is 0.205. The molecule has 24 heavy (non-hydrogen) atoms. The summed E-state index contributed by atoms with van der Waals surface area (Å²) in [4.78, 5) is 0. The third-order valence-corrected chi connectivity index (χ3v) is 4.52. The zero-order valence-electron chi connectivity index (χ0n) is 13.7. The smallest absolute Gasteiger partial charge is 0.131 e. The van der Waals surface area contributed by atoms with Crippen LogP contribution in [0.3, 0.4) is 0 Å². The highest BCUT2D eigenvalue weighted by atomic mass is 35.5. The van der Waals surface area contributed by atoms with E-state index in [-0.39, 0.29) is 5.82 Å². The molecular weight excluding hydrogens is 319 g/mol. The molecule has 0 aliphatic carbocycles. The number of hydrogen-bond acceptors (Lipinski definition) is 0. The highest BCUT2D eigenvalue weighted by Gasteiger charge is 2.08. The Morgan fingerprint density at radius 3 is 1.92 bits per heavy atom. The van der Waals surface area contributed by atoms with Crippen LogP contribution in [0.2, 0.25) is 0 Å². The van der Waals surface area contributed by atoms with E-state index >= 15 is 0 Å². The number of halogens is 2. The van der Waals surface area contributed by atoms with Crippen LogP contribution in [0.1, 0.15) is 24.5 Å². The summed E-state index contributed by atoms with van der Waals surface area (Å²) in [6, 6.07) is 21.5. The molecule has 0 fully saturated rings. The maximum Gasteiger partial charge on any atom is 0.131 e. The van der Waals surface area contributed by atoms with Crippen molar-refractivity contribution in [1.29, 1.82) is 0 Å². The van der Waals surface area contributed by atoms with E-state index < -0.39 is 0 Å². The van der Waals surface area contributed by atoms with Crippen LogP contribution < -0.4 is 0 Å². The highest BCUT2D eigenvalue weighted by Crippen LogP contribution is 2.28. The van der Waals surface area contributed by atoms with E-state index in [0.717, 1.165) is 35.1 Å². The molecule has 3 aromatic carbocycles. The lowest BCUT2D eigenvalue weighted by Gasteiger charge is -2.08. The lowest BCUT2D eigenvalue weighted by molar-refractivity contribution is 0.632. The first-order valence-corrected chi connectivity index (χ1v) is 8.79. The molecule has 0 atom stereocenters. The number of rotatable bonds is 5. The molecule has 0 bridgehead atoms. The molecule has 2 heteroatoms. The standard InChI is InChI=1S/C22H20ClF/c1-2-3-16-4-8-18(9-5-16)20-12-13-21(22(24)14-20)19-10-6-17(15-23)7-11-19/h4-14H,2-3,15H2,1H3. The van der Waals surface area contributed by atoms with Gasteiger partial charge in [-0.2, -0.15) is 0 Å². The van der Waals surface area contributed by atoms with Gasteiger partial charge in [0.25, 0.3) is 0 Å². The molecule has 0 saturated carbocycles. The SMILES string of the molecule is CCCc1ccc(-c2ccc(-c3ccc(CCl)cc3)c(F)c2)cc1. The lowest BCUT2D eigenvalue weighted by atomic mass is 9.98. The molecule has 0 heterocycles. The summed E-state index contributed by atoms with van der Waals surface area (Å²) in [6.45, 7) is 2.17.